The Morgan fingerprint density at radius 2 is 2.19 bits per heavy atom. The first-order chi connectivity index (χ1) is 7.47. The Labute approximate surface area is 105 Å². The fraction of sp³-hybridized carbons (Fsp3) is 0.500. The van der Waals surface area contributed by atoms with Gasteiger partial charge in [0.1, 0.15) is 4.66 Å². The van der Waals surface area contributed by atoms with Crippen LogP contribution in [0, 0.1) is 0 Å². The van der Waals surface area contributed by atoms with Crippen LogP contribution in [0.15, 0.2) is 24.5 Å². The second-order valence-electron chi connectivity index (χ2n) is 3.72. The lowest BCUT2D eigenvalue weighted by Gasteiger charge is -2.24. The Balaban J connectivity index is 2.90. The number of hydrogen-bond donors (Lipinski definition) is 0. The summed E-state index contributed by atoms with van der Waals surface area (Å²) in [4.78, 5) is 3.97. The van der Waals surface area contributed by atoms with E-state index < -0.39 is 10.0 Å². The van der Waals surface area contributed by atoms with Crippen LogP contribution < -0.4 is 0 Å². The first kappa shape index (κ1) is 13.6. The molecule has 16 heavy (non-hydrogen) atoms. The van der Waals surface area contributed by atoms with E-state index in [0.717, 1.165) is 5.56 Å². The lowest BCUT2D eigenvalue weighted by Crippen LogP contribution is -2.36. The molecule has 1 heterocycles. The standard InChI is InChI=1S/C10H15BrN2O2S/c1-9(2)13(16(14,15)8-11)7-10-4-3-5-12-6-10/h3-6,9H,7-8H2,1-2H3. The molecule has 0 aliphatic rings. The van der Waals surface area contributed by atoms with E-state index in [2.05, 4.69) is 20.9 Å². The Bertz CT molecular complexity index is 420. The summed E-state index contributed by atoms with van der Waals surface area (Å²) in [6.45, 7) is 4.08. The first-order valence-electron chi connectivity index (χ1n) is 4.91. The van der Waals surface area contributed by atoms with Gasteiger partial charge in [0.2, 0.25) is 10.0 Å². The molecule has 0 bridgehead atoms. The quantitative estimate of drug-likeness (QED) is 0.782. The van der Waals surface area contributed by atoms with Gasteiger partial charge in [-0.2, -0.15) is 4.31 Å². The number of alkyl halides is 1. The second-order valence-corrected chi connectivity index (χ2v) is 6.95. The lowest BCUT2D eigenvalue weighted by atomic mass is 10.2. The summed E-state index contributed by atoms with van der Waals surface area (Å²) < 4.78 is 25.0. The number of rotatable bonds is 5. The van der Waals surface area contributed by atoms with Gasteiger partial charge < -0.3 is 0 Å². The Hall–Kier alpha value is -0.460. The van der Waals surface area contributed by atoms with Gasteiger partial charge in [0.25, 0.3) is 0 Å². The SMILES string of the molecule is CC(C)N(Cc1cccnc1)S(=O)(=O)CBr. The molecule has 0 fully saturated rings. The molecule has 0 atom stereocenters. The van der Waals surface area contributed by atoms with Crippen LogP contribution in [-0.4, -0.2) is 28.4 Å². The zero-order valence-electron chi connectivity index (χ0n) is 9.30. The summed E-state index contributed by atoms with van der Waals surface area (Å²) in [5, 5.41) is 0. The van der Waals surface area contributed by atoms with E-state index in [1.54, 1.807) is 18.5 Å². The van der Waals surface area contributed by atoms with Crippen molar-refractivity contribution in [3.05, 3.63) is 30.1 Å². The number of halogens is 1. The molecule has 0 unspecified atom stereocenters. The van der Waals surface area contributed by atoms with Crippen molar-refractivity contribution in [3.8, 4) is 0 Å². The third-order valence-corrected chi connectivity index (χ3v) is 5.41. The van der Waals surface area contributed by atoms with Crippen LogP contribution in [-0.2, 0) is 16.6 Å². The molecule has 0 amide bonds. The van der Waals surface area contributed by atoms with Gasteiger partial charge >= 0.3 is 0 Å². The molecule has 0 saturated heterocycles. The predicted octanol–water partition coefficient (Wildman–Crippen LogP) is 1.97. The van der Waals surface area contributed by atoms with Gasteiger partial charge in [0, 0.05) is 25.0 Å². The molecule has 1 aromatic heterocycles. The molecule has 0 saturated carbocycles. The Kier molecular flexibility index (Phi) is 4.89. The highest BCUT2D eigenvalue weighted by Crippen LogP contribution is 2.14. The van der Waals surface area contributed by atoms with Crippen LogP contribution in [0.5, 0.6) is 0 Å². The fourth-order valence-electron chi connectivity index (χ4n) is 1.34. The van der Waals surface area contributed by atoms with Gasteiger partial charge in [0.15, 0.2) is 0 Å². The first-order valence-corrected chi connectivity index (χ1v) is 7.65. The largest absolute Gasteiger partial charge is 0.264 e. The highest BCUT2D eigenvalue weighted by molar-refractivity contribution is 9.10. The van der Waals surface area contributed by atoms with Gasteiger partial charge in [-0.25, -0.2) is 8.42 Å². The smallest absolute Gasteiger partial charge is 0.224 e. The Morgan fingerprint density at radius 1 is 1.50 bits per heavy atom. The molecule has 90 valence electrons. The number of aromatic nitrogens is 1. The summed E-state index contributed by atoms with van der Waals surface area (Å²) in [5.74, 6) is 0. The van der Waals surface area contributed by atoms with Crippen LogP contribution in [0.1, 0.15) is 19.4 Å². The molecule has 0 radical (unpaired) electrons. The van der Waals surface area contributed by atoms with E-state index >= 15 is 0 Å². The van der Waals surface area contributed by atoms with Crippen LogP contribution in [0.2, 0.25) is 0 Å². The Morgan fingerprint density at radius 3 is 2.62 bits per heavy atom. The predicted molar refractivity (Wildman–Crippen MR) is 67.6 cm³/mol. The minimum absolute atomic E-state index is 0.0571. The van der Waals surface area contributed by atoms with Crippen molar-refractivity contribution < 1.29 is 8.42 Å². The highest BCUT2D eigenvalue weighted by atomic mass is 79.9. The maximum Gasteiger partial charge on any atom is 0.224 e. The maximum absolute atomic E-state index is 11.8. The van der Waals surface area contributed by atoms with Crippen molar-refractivity contribution >= 4 is 26.0 Å². The number of hydrogen-bond acceptors (Lipinski definition) is 3. The maximum atomic E-state index is 11.8. The number of sulfonamides is 1. The summed E-state index contributed by atoms with van der Waals surface area (Å²) in [7, 11) is -3.24. The fourth-order valence-corrected chi connectivity index (χ4v) is 3.24. The third kappa shape index (κ3) is 3.54. The van der Waals surface area contributed by atoms with Crippen molar-refractivity contribution in [1.82, 2.24) is 9.29 Å². The number of pyridine rings is 1. The molecule has 1 rings (SSSR count). The normalized spacial score (nSPS) is 12.3. The zero-order valence-corrected chi connectivity index (χ0v) is 11.7. The minimum Gasteiger partial charge on any atom is -0.264 e. The van der Waals surface area contributed by atoms with Gasteiger partial charge in [-0.05, 0) is 25.5 Å². The van der Waals surface area contributed by atoms with E-state index in [9.17, 15) is 8.42 Å². The van der Waals surface area contributed by atoms with Gasteiger partial charge in [0.05, 0.1) is 0 Å². The average Bonchev–Trinajstić information content (AvgIpc) is 2.26. The monoisotopic (exact) mass is 306 g/mol. The van der Waals surface area contributed by atoms with Crippen molar-refractivity contribution in [2.45, 2.75) is 26.4 Å². The topological polar surface area (TPSA) is 50.3 Å². The van der Waals surface area contributed by atoms with Crippen molar-refractivity contribution in [2.75, 3.05) is 4.66 Å². The molecule has 0 aliphatic carbocycles. The van der Waals surface area contributed by atoms with Gasteiger partial charge in [-0.1, -0.05) is 22.0 Å². The van der Waals surface area contributed by atoms with Gasteiger partial charge in [-0.3, -0.25) is 4.98 Å². The van der Waals surface area contributed by atoms with E-state index in [1.807, 2.05) is 19.9 Å². The lowest BCUT2D eigenvalue weighted by molar-refractivity contribution is 0.350. The highest BCUT2D eigenvalue weighted by Gasteiger charge is 2.23. The molecule has 0 spiro atoms. The summed E-state index contributed by atoms with van der Waals surface area (Å²) in [6.07, 6.45) is 3.35. The second kappa shape index (κ2) is 5.75. The molecule has 0 aromatic carbocycles. The summed E-state index contributed by atoms with van der Waals surface area (Å²) in [6, 6.07) is 3.60. The molecule has 0 aliphatic heterocycles. The molecular formula is C10H15BrN2O2S. The van der Waals surface area contributed by atoms with Crippen LogP contribution in [0.4, 0.5) is 0 Å². The molecule has 0 N–H and O–H groups in total. The molecule has 6 heteroatoms. The van der Waals surface area contributed by atoms with Crippen LogP contribution in [0.3, 0.4) is 0 Å². The van der Waals surface area contributed by atoms with Crippen molar-refractivity contribution in [3.63, 3.8) is 0 Å². The summed E-state index contributed by atoms with van der Waals surface area (Å²) >= 11 is 3.01. The average molecular weight is 307 g/mol. The van der Waals surface area contributed by atoms with E-state index in [1.165, 1.54) is 4.31 Å². The van der Waals surface area contributed by atoms with E-state index in [0.29, 0.717) is 6.54 Å². The summed E-state index contributed by atoms with van der Waals surface area (Å²) in [5.41, 5.74) is 0.890. The minimum atomic E-state index is -3.24. The van der Waals surface area contributed by atoms with E-state index in [4.69, 9.17) is 0 Å². The molecular weight excluding hydrogens is 292 g/mol. The molecule has 1 aromatic rings. The van der Waals surface area contributed by atoms with Gasteiger partial charge in [-0.15, -0.1) is 0 Å². The zero-order chi connectivity index (χ0) is 12.2. The van der Waals surface area contributed by atoms with Crippen molar-refractivity contribution in [1.29, 1.82) is 0 Å². The van der Waals surface area contributed by atoms with Crippen LogP contribution >= 0.6 is 15.9 Å². The van der Waals surface area contributed by atoms with Crippen LogP contribution in [0.25, 0.3) is 0 Å². The number of nitrogens with zero attached hydrogens (tertiary/aromatic N) is 2. The van der Waals surface area contributed by atoms with Crippen molar-refractivity contribution in [2.24, 2.45) is 0 Å². The molecule has 4 nitrogen and oxygen atoms in total. The third-order valence-electron chi connectivity index (χ3n) is 2.13. The van der Waals surface area contributed by atoms with E-state index in [-0.39, 0.29) is 10.7 Å².